The first-order chi connectivity index (χ1) is 8.63. The Bertz CT molecular complexity index is 577. The van der Waals surface area contributed by atoms with Crippen LogP contribution >= 0.6 is 23.2 Å². The van der Waals surface area contributed by atoms with E-state index in [-0.39, 0.29) is 10.8 Å². The first-order valence-electron chi connectivity index (χ1n) is 5.26. The summed E-state index contributed by atoms with van der Waals surface area (Å²) in [5.41, 5.74) is 0.939. The number of hydrogen-bond acceptors (Lipinski definition) is 2. The number of rotatable bonds is 3. The third-order valence-electron chi connectivity index (χ3n) is 2.55. The number of benzene rings is 2. The fourth-order valence-corrected chi connectivity index (χ4v) is 1.96. The molecule has 0 bridgehead atoms. The summed E-state index contributed by atoms with van der Waals surface area (Å²) in [4.78, 5) is 12.2. The van der Waals surface area contributed by atoms with Gasteiger partial charge in [-0.25, -0.2) is 0 Å². The van der Waals surface area contributed by atoms with Crippen molar-refractivity contribution in [3.05, 3.63) is 63.6 Å². The van der Waals surface area contributed by atoms with E-state index in [1.807, 2.05) is 0 Å². The second kappa shape index (κ2) is 5.42. The van der Waals surface area contributed by atoms with Gasteiger partial charge in [-0.2, -0.15) is 0 Å². The maximum atomic E-state index is 12.2. The maximum Gasteiger partial charge on any atom is 0.194 e. The van der Waals surface area contributed by atoms with Gasteiger partial charge in [0.2, 0.25) is 0 Å². The molecule has 0 fully saturated rings. The van der Waals surface area contributed by atoms with Crippen LogP contribution in [-0.2, 0) is 0 Å². The Hall–Kier alpha value is -1.51. The smallest absolute Gasteiger partial charge is 0.194 e. The van der Waals surface area contributed by atoms with Gasteiger partial charge in [0, 0.05) is 11.1 Å². The van der Waals surface area contributed by atoms with Gasteiger partial charge < -0.3 is 4.74 Å². The molecular weight excluding hydrogens is 271 g/mol. The van der Waals surface area contributed by atoms with E-state index >= 15 is 0 Å². The SMILES string of the molecule is COc1ccc(C(=O)c2cccc(Cl)c2Cl)cc1. The lowest BCUT2D eigenvalue weighted by Crippen LogP contribution is -2.02. The average molecular weight is 281 g/mol. The summed E-state index contributed by atoms with van der Waals surface area (Å²) in [6.45, 7) is 0. The molecule has 2 aromatic rings. The third-order valence-corrected chi connectivity index (χ3v) is 3.37. The fourth-order valence-electron chi connectivity index (χ4n) is 1.58. The van der Waals surface area contributed by atoms with Crippen molar-refractivity contribution in [1.29, 1.82) is 0 Å². The van der Waals surface area contributed by atoms with Gasteiger partial charge in [-0.15, -0.1) is 0 Å². The normalized spacial score (nSPS) is 10.2. The average Bonchev–Trinajstić information content (AvgIpc) is 2.41. The molecule has 0 heterocycles. The number of carbonyl (C=O) groups is 1. The molecule has 0 N–H and O–H groups in total. The van der Waals surface area contributed by atoms with Crippen molar-refractivity contribution in [3.63, 3.8) is 0 Å². The van der Waals surface area contributed by atoms with E-state index in [4.69, 9.17) is 27.9 Å². The van der Waals surface area contributed by atoms with Crippen molar-refractivity contribution in [2.45, 2.75) is 0 Å². The van der Waals surface area contributed by atoms with Gasteiger partial charge in [0.05, 0.1) is 17.2 Å². The molecule has 0 aliphatic rings. The van der Waals surface area contributed by atoms with Crippen molar-refractivity contribution in [1.82, 2.24) is 0 Å². The minimum atomic E-state index is -0.162. The number of ketones is 1. The van der Waals surface area contributed by atoms with Gasteiger partial charge in [0.15, 0.2) is 5.78 Å². The van der Waals surface area contributed by atoms with Crippen LogP contribution in [0.5, 0.6) is 5.75 Å². The van der Waals surface area contributed by atoms with Gasteiger partial charge in [-0.1, -0.05) is 29.3 Å². The minimum absolute atomic E-state index is 0.162. The Labute approximate surface area is 115 Å². The molecule has 0 aromatic heterocycles. The molecule has 0 radical (unpaired) electrons. The Morgan fingerprint density at radius 2 is 1.72 bits per heavy atom. The lowest BCUT2D eigenvalue weighted by atomic mass is 10.0. The first-order valence-corrected chi connectivity index (χ1v) is 6.02. The standard InChI is InChI=1S/C14H10Cl2O2/c1-18-10-7-5-9(6-8-10)14(17)11-3-2-4-12(15)13(11)16/h2-8H,1H3. The largest absolute Gasteiger partial charge is 0.497 e. The Balaban J connectivity index is 2.38. The van der Waals surface area contributed by atoms with E-state index in [2.05, 4.69) is 0 Å². The Morgan fingerprint density at radius 1 is 1.06 bits per heavy atom. The van der Waals surface area contributed by atoms with Crippen LogP contribution < -0.4 is 4.74 Å². The van der Waals surface area contributed by atoms with Crippen LogP contribution in [0.15, 0.2) is 42.5 Å². The van der Waals surface area contributed by atoms with Crippen LogP contribution in [0, 0.1) is 0 Å². The van der Waals surface area contributed by atoms with Gasteiger partial charge in [-0.3, -0.25) is 4.79 Å². The Kier molecular flexibility index (Phi) is 3.90. The van der Waals surface area contributed by atoms with E-state index in [0.717, 1.165) is 0 Å². The van der Waals surface area contributed by atoms with Crippen LogP contribution in [0.2, 0.25) is 10.0 Å². The van der Waals surface area contributed by atoms with Crippen LogP contribution in [-0.4, -0.2) is 12.9 Å². The summed E-state index contributed by atoms with van der Waals surface area (Å²) in [5.74, 6) is 0.536. The predicted octanol–water partition coefficient (Wildman–Crippen LogP) is 4.23. The zero-order valence-corrected chi connectivity index (χ0v) is 11.1. The van der Waals surface area contributed by atoms with E-state index in [1.165, 1.54) is 0 Å². The number of methoxy groups -OCH3 is 1. The lowest BCUT2D eigenvalue weighted by Gasteiger charge is -2.06. The molecule has 0 saturated heterocycles. The highest BCUT2D eigenvalue weighted by Crippen LogP contribution is 2.27. The molecule has 0 unspecified atom stereocenters. The third kappa shape index (κ3) is 2.50. The van der Waals surface area contributed by atoms with Crippen molar-refractivity contribution in [2.24, 2.45) is 0 Å². The number of halogens is 2. The maximum absolute atomic E-state index is 12.2. The second-order valence-electron chi connectivity index (χ2n) is 3.66. The molecule has 0 amide bonds. The van der Waals surface area contributed by atoms with Crippen molar-refractivity contribution in [3.8, 4) is 5.75 Å². The van der Waals surface area contributed by atoms with E-state index in [1.54, 1.807) is 49.6 Å². The molecule has 2 aromatic carbocycles. The van der Waals surface area contributed by atoms with E-state index < -0.39 is 0 Å². The van der Waals surface area contributed by atoms with E-state index in [0.29, 0.717) is 21.9 Å². The second-order valence-corrected chi connectivity index (χ2v) is 4.44. The molecule has 92 valence electrons. The van der Waals surface area contributed by atoms with Crippen LogP contribution in [0.25, 0.3) is 0 Å². The summed E-state index contributed by atoms with van der Waals surface area (Å²) >= 11 is 11.9. The molecule has 2 nitrogen and oxygen atoms in total. The molecule has 0 saturated carbocycles. The Morgan fingerprint density at radius 3 is 2.33 bits per heavy atom. The first kappa shape index (κ1) is 12.9. The summed E-state index contributed by atoms with van der Waals surface area (Å²) < 4.78 is 5.04. The van der Waals surface area contributed by atoms with Crippen molar-refractivity contribution in [2.75, 3.05) is 7.11 Å². The van der Waals surface area contributed by atoms with Crippen molar-refractivity contribution >= 4 is 29.0 Å². The van der Waals surface area contributed by atoms with Gasteiger partial charge in [0.25, 0.3) is 0 Å². The molecule has 0 aliphatic carbocycles. The zero-order valence-electron chi connectivity index (χ0n) is 9.61. The summed E-state index contributed by atoms with van der Waals surface area (Å²) in [7, 11) is 1.57. The highest BCUT2D eigenvalue weighted by atomic mass is 35.5. The van der Waals surface area contributed by atoms with Gasteiger partial charge in [0.1, 0.15) is 5.75 Å². The topological polar surface area (TPSA) is 26.3 Å². The predicted molar refractivity (Wildman–Crippen MR) is 72.9 cm³/mol. The van der Waals surface area contributed by atoms with Crippen LogP contribution in [0.4, 0.5) is 0 Å². The molecule has 0 spiro atoms. The fraction of sp³-hybridized carbons (Fsp3) is 0.0714. The van der Waals surface area contributed by atoms with Crippen molar-refractivity contribution < 1.29 is 9.53 Å². The molecule has 2 rings (SSSR count). The highest BCUT2D eigenvalue weighted by molar-refractivity contribution is 6.44. The monoisotopic (exact) mass is 280 g/mol. The lowest BCUT2D eigenvalue weighted by molar-refractivity contribution is 0.103. The molecule has 18 heavy (non-hydrogen) atoms. The number of ether oxygens (including phenoxy) is 1. The molecule has 4 heteroatoms. The van der Waals surface area contributed by atoms with Crippen LogP contribution in [0.3, 0.4) is 0 Å². The molecule has 0 aliphatic heterocycles. The quantitative estimate of drug-likeness (QED) is 0.787. The van der Waals surface area contributed by atoms with Crippen LogP contribution in [0.1, 0.15) is 15.9 Å². The van der Waals surface area contributed by atoms with Gasteiger partial charge >= 0.3 is 0 Å². The molecule has 0 atom stereocenters. The minimum Gasteiger partial charge on any atom is -0.497 e. The summed E-state index contributed by atoms with van der Waals surface area (Å²) in [6, 6.07) is 11.8. The molecular formula is C14H10Cl2O2. The summed E-state index contributed by atoms with van der Waals surface area (Å²) in [5, 5.41) is 0.649. The summed E-state index contributed by atoms with van der Waals surface area (Å²) in [6.07, 6.45) is 0. The number of carbonyl (C=O) groups excluding carboxylic acids is 1. The van der Waals surface area contributed by atoms with Gasteiger partial charge in [-0.05, 0) is 36.4 Å². The highest BCUT2D eigenvalue weighted by Gasteiger charge is 2.14. The van der Waals surface area contributed by atoms with E-state index in [9.17, 15) is 4.79 Å². The zero-order chi connectivity index (χ0) is 13.1. The number of hydrogen-bond donors (Lipinski definition) is 0.